The Hall–Kier alpha value is -2.35. The molecule has 1 atom stereocenters. The second kappa shape index (κ2) is 7.26. The lowest BCUT2D eigenvalue weighted by Gasteiger charge is -2.14. The van der Waals surface area contributed by atoms with Gasteiger partial charge in [0.05, 0.1) is 10.9 Å². The van der Waals surface area contributed by atoms with Crippen molar-refractivity contribution in [1.29, 1.82) is 0 Å². The van der Waals surface area contributed by atoms with Gasteiger partial charge < -0.3 is 5.32 Å². The molecule has 1 saturated carbocycles. The van der Waals surface area contributed by atoms with Crippen LogP contribution in [0.25, 0.3) is 5.69 Å². The second-order valence-electron chi connectivity index (χ2n) is 6.15. The van der Waals surface area contributed by atoms with Crippen molar-refractivity contribution in [2.75, 3.05) is 0 Å². The van der Waals surface area contributed by atoms with Crippen molar-refractivity contribution in [2.45, 2.75) is 50.1 Å². The van der Waals surface area contributed by atoms with E-state index in [0.29, 0.717) is 5.16 Å². The molecule has 3 rings (SSSR count). The van der Waals surface area contributed by atoms with Gasteiger partial charge >= 0.3 is 6.03 Å². The molecule has 132 valence electrons. The van der Waals surface area contributed by atoms with Crippen molar-refractivity contribution in [2.24, 2.45) is 0 Å². The summed E-state index contributed by atoms with van der Waals surface area (Å²) in [5.41, 5.74) is 2.07. The maximum Gasteiger partial charge on any atom is 0.321 e. The Morgan fingerprint density at radius 1 is 1.24 bits per heavy atom. The molecule has 0 spiro atoms. The smallest absolute Gasteiger partial charge is 0.321 e. The standard InChI is InChI=1S/C17H21N5O2S/c1-10-6-4-5-7-14(10)22-12(3)20-21-17(22)25-11(2)15(23)19-16(24)18-13-8-9-13/h4-7,11,13H,8-9H2,1-3H3,(H2,18,19,23,24)/t11-/m0/s1. The molecule has 3 amide bonds. The number of amides is 3. The summed E-state index contributed by atoms with van der Waals surface area (Å²) in [5, 5.41) is 13.6. The molecule has 1 aliphatic carbocycles. The first-order chi connectivity index (χ1) is 12.0. The van der Waals surface area contributed by atoms with Crippen LogP contribution in [-0.4, -0.2) is 38.0 Å². The average Bonchev–Trinajstić information content (AvgIpc) is 3.30. The highest BCUT2D eigenvalue weighted by molar-refractivity contribution is 8.00. The average molecular weight is 359 g/mol. The number of rotatable bonds is 5. The molecule has 2 N–H and O–H groups in total. The number of aryl methyl sites for hydroxylation is 2. The first-order valence-corrected chi connectivity index (χ1v) is 9.09. The molecule has 1 heterocycles. The highest BCUT2D eigenvalue weighted by Gasteiger charge is 2.26. The number of nitrogens with one attached hydrogen (secondary N) is 2. The number of hydrogen-bond donors (Lipinski definition) is 2. The Labute approximate surface area is 150 Å². The van der Waals surface area contributed by atoms with Crippen LogP contribution in [0.5, 0.6) is 0 Å². The summed E-state index contributed by atoms with van der Waals surface area (Å²) in [5.74, 6) is 0.399. The van der Waals surface area contributed by atoms with Gasteiger partial charge in [0.25, 0.3) is 0 Å². The maximum atomic E-state index is 12.2. The van der Waals surface area contributed by atoms with Gasteiger partial charge in [-0.25, -0.2) is 4.79 Å². The lowest BCUT2D eigenvalue weighted by molar-refractivity contribution is -0.119. The van der Waals surface area contributed by atoms with Crippen molar-refractivity contribution in [1.82, 2.24) is 25.4 Å². The third-order valence-electron chi connectivity index (χ3n) is 3.95. The number of para-hydroxylation sites is 1. The fourth-order valence-corrected chi connectivity index (χ4v) is 3.29. The van der Waals surface area contributed by atoms with E-state index < -0.39 is 11.3 Å². The Morgan fingerprint density at radius 2 is 1.96 bits per heavy atom. The van der Waals surface area contributed by atoms with Crippen LogP contribution < -0.4 is 10.6 Å². The normalized spacial score (nSPS) is 14.8. The van der Waals surface area contributed by atoms with Crippen LogP contribution >= 0.6 is 11.8 Å². The van der Waals surface area contributed by atoms with Gasteiger partial charge in [-0.3, -0.25) is 14.7 Å². The van der Waals surface area contributed by atoms with Gasteiger partial charge in [-0.1, -0.05) is 30.0 Å². The molecule has 0 unspecified atom stereocenters. The molecule has 0 saturated heterocycles. The summed E-state index contributed by atoms with van der Waals surface area (Å²) < 4.78 is 1.92. The fourth-order valence-electron chi connectivity index (χ4n) is 2.39. The van der Waals surface area contributed by atoms with Gasteiger partial charge in [0.2, 0.25) is 5.91 Å². The number of urea groups is 1. The summed E-state index contributed by atoms with van der Waals surface area (Å²) >= 11 is 1.28. The molecule has 8 heteroatoms. The number of thioether (sulfide) groups is 1. The van der Waals surface area contributed by atoms with E-state index in [1.54, 1.807) is 6.92 Å². The summed E-state index contributed by atoms with van der Waals surface area (Å²) in [6.07, 6.45) is 1.95. The molecule has 0 bridgehead atoms. The van der Waals surface area contributed by atoms with Gasteiger partial charge in [0, 0.05) is 6.04 Å². The minimum Gasteiger partial charge on any atom is -0.335 e. The summed E-state index contributed by atoms with van der Waals surface area (Å²) in [6, 6.07) is 7.71. The monoisotopic (exact) mass is 359 g/mol. The van der Waals surface area contributed by atoms with Gasteiger partial charge in [-0.05, 0) is 45.2 Å². The Morgan fingerprint density at radius 3 is 2.64 bits per heavy atom. The molecule has 0 aliphatic heterocycles. The van der Waals surface area contributed by atoms with Gasteiger partial charge in [0.1, 0.15) is 5.82 Å². The van der Waals surface area contributed by atoms with Gasteiger partial charge in [-0.2, -0.15) is 0 Å². The number of benzene rings is 1. The lowest BCUT2D eigenvalue weighted by Crippen LogP contribution is -2.43. The lowest BCUT2D eigenvalue weighted by atomic mass is 10.2. The topological polar surface area (TPSA) is 88.9 Å². The Balaban J connectivity index is 1.71. The van der Waals surface area contributed by atoms with E-state index in [4.69, 9.17) is 0 Å². The third kappa shape index (κ3) is 4.19. The molecular formula is C17H21N5O2S. The SMILES string of the molecule is Cc1ccccc1-n1c(C)nnc1S[C@@H](C)C(=O)NC(=O)NC1CC1. The van der Waals surface area contributed by atoms with E-state index in [2.05, 4.69) is 20.8 Å². The van der Waals surface area contributed by atoms with Crippen LogP contribution in [-0.2, 0) is 4.79 Å². The van der Waals surface area contributed by atoms with E-state index in [-0.39, 0.29) is 11.9 Å². The van der Waals surface area contributed by atoms with Crippen LogP contribution in [0.4, 0.5) is 4.79 Å². The van der Waals surface area contributed by atoms with Crippen LogP contribution in [0.3, 0.4) is 0 Å². The van der Waals surface area contributed by atoms with Crippen molar-refractivity contribution >= 4 is 23.7 Å². The predicted molar refractivity (Wildman–Crippen MR) is 95.8 cm³/mol. The first-order valence-electron chi connectivity index (χ1n) is 8.21. The molecule has 0 radical (unpaired) electrons. The Kier molecular flexibility index (Phi) is 5.08. The van der Waals surface area contributed by atoms with Crippen LogP contribution in [0.15, 0.2) is 29.4 Å². The van der Waals surface area contributed by atoms with Gasteiger partial charge in [0.15, 0.2) is 5.16 Å². The van der Waals surface area contributed by atoms with Crippen LogP contribution in [0.1, 0.15) is 31.2 Å². The number of carbonyl (C=O) groups excluding carboxylic acids is 2. The summed E-state index contributed by atoms with van der Waals surface area (Å²) in [4.78, 5) is 23.9. The van der Waals surface area contributed by atoms with Crippen LogP contribution in [0, 0.1) is 13.8 Å². The van der Waals surface area contributed by atoms with Crippen molar-refractivity contribution < 1.29 is 9.59 Å². The van der Waals surface area contributed by atoms with E-state index in [0.717, 1.165) is 29.9 Å². The number of aromatic nitrogens is 3. The minimum atomic E-state index is -0.476. The molecule has 1 aromatic carbocycles. The Bertz CT molecular complexity index is 800. The quantitative estimate of drug-likeness (QED) is 0.800. The minimum absolute atomic E-state index is 0.211. The molecule has 25 heavy (non-hydrogen) atoms. The van der Waals surface area contributed by atoms with Crippen molar-refractivity contribution in [3.63, 3.8) is 0 Å². The fraction of sp³-hybridized carbons (Fsp3) is 0.412. The van der Waals surface area contributed by atoms with Crippen molar-refractivity contribution in [3.8, 4) is 5.69 Å². The highest BCUT2D eigenvalue weighted by atomic mass is 32.2. The highest BCUT2D eigenvalue weighted by Crippen LogP contribution is 2.27. The zero-order valence-electron chi connectivity index (χ0n) is 14.4. The summed E-state index contributed by atoms with van der Waals surface area (Å²) in [7, 11) is 0. The third-order valence-corrected chi connectivity index (χ3v) is 4.99. The van der Waals surface area contributed by atoms with Crippen LogP contribution in [0.2, 0.25) is 0 Å². The second-order valence-corrected chi connectivity index (χ2v) is 7.46. The zero-order valence-corrected chi connectivity index (χ0v) is 15.3. The molecular weight excluding hydrogens is 338 g/mol. The number of carbonyl (C=O) groups is 2. The largest absolute Gasteiger partial charge is 0.335 e. The summed E-state index contributed by atoms with van der Waals surface area (Å²) in [6.45, 7) is 5.63. The molecule has 1 fully saturated rings. The molecule has 1 aliphatic rings. The van der Waals surface area contributed by atoms with E-state index >= 15 is 0 Å². The zero-order chi connectivity index (χ0) is 18.0. The van der Waals surface area contributed by atoms with Gasteiger partial charge in [-0.15, -0.1) is 10.2 Å². The maximum absolute atomic E-state index is 12.2. The number of imide groups is 1. The molecule has 2 aromatic rings. The molecule has 1 aromatic heterocycles. The molecule has 7 nitrogen and oxygen atoms in total. The van der Waals surface area contributed by atoms with Crippen molar-refractivity contribution in [3.05, 3.63) is 35.7 Å². The number of nitrogens with zero attached hydrogens (tertiary/aromatic N) is 3. The van der Waals surface area contributed by atoms with E-state index in [9.17, 15) is 9.59 Å². The van der Waals surface area contributed by atoms with E-state index in [1.807, 2.05) is 42.7 Å². The first kappa shape index (κ1) is 17.5. The predicted octanol–water partition coefficient (Wildman–Crippen LogP) is 2.35. The number of hydrogen-bond acceptors (Lipinski definition) is 5. The van der Waals surface area contributed by atoms with E-state index in [1.165, 1.54) is 11.8 Å².